The molecule has 1 aliphatic heterocycles. The summed E-state index contributed by atoms with van der Waals surface area (Å²) in [5, 5.41) is 0.525. The van der Waals surface area contributed by atoms with E-state index in [0.29, 0.717) is 11.8 Å². The fraction of sp³-hybridized carbons (Fsp3) is 0.714. The van der Waals surface area contributed by atoms with Crippen molar-refractivity contribution in [1.29, 1.82) is 0 Å². The first-order chi connectivity index (χ1) is 9.12. The van der Waals surface area contributed by atoms with Crippen molar-refractivity contribution in [3.05, 3.63) is 12.7 Å². The molecule has 0 spiro atoms. The fourth-order valence-corrected chi connectivity index (χ4v) is 2.99. The third kappa shape index (κ3) is 4.90. The van der Waals surface area contributed by atoms with E-state index in [1.54, 1.807) is 0 Å². The van der Waals surface area contributed by atoms with E-state index in [1.165, 1.54) is 23.8 Å². The number of hydrogen-bond donors (Lipinski definition) is 0. The van der Waals surface area contributed by atoms with Gasteiger partial charge in [-0.2, -0.15) is 11.8 Å². The van der Waals surface area contributed by atoms with Crippen molar-refractivity contribution in [2.45, 2.75) is 31.4 Å². The molecule has 1 atom stereocenters. The maximum atomic E-state index is 12.3. The molecule has 1 heterocycles. The molecule has 1 fully saturated rings. The van der Waals surface area contributed by atoms with Gasteiger partial charge in [0, 0.05) is 24.9 Å². The smallest absolute Gasteiger partial charge is 0.246 e. The average Bonchev–Trinajstić information content (AvgIpc) is 2.69. The van der Waals surface area contributed by atoms with Gasteiger partial charge in [0.2, 0.25) is 11.8 Å². The Balaban J connectivity index is 2.59. The molecule has 108 valence electrons. The Labute approximate surface area is 120 Å². The zero-order valence-electron chi connectivity index (χ0n) is 11.9. The molecule has 0 saturated carbocycles. The third-order valence-electron chi connectivity index (χ3n) is 3.51. The van der Waals surface area contributed by atoms with Crippen LogP contribution in [0.3, 0.4) is 0 Å². The molecule has 5 heteroatoms. The van der Waals surface area contributed by atoms with Crippen LogP contribution >= 0.6 is 11.8 Å². The maximum Gasteiger partial charge on any atom is 0.246 e. The van der Waals surface area contributed by atoms with Crippen LogP contribution in [0, 0.1) is 0 Å². The van der Waals surface area contributed by atoms with E-state index in [9.17, 15) is 9.59 Å². The summed E-state index contributed by atoms with van der Waals surface area (Å²) in [5.41, 5.74) is 0. The van der Waals surface area contributed by atoms with Gasteiger partial charge >= 0.3 is 0 Å². The van der Waals surface area contributed by atoms with Gasteiger partial charge in [0.15, 0.2) is 0 Å². The molecular weight excluding hydrogens is 260 g/mol. The molecule has 1 unspecified atom stereocenters. The molecule has 19 heavy (non-hydrogen) atoms. The number of amides is 2. The molecule has 0 bridgehead atoms. The van der Waals surface area contributed by atoms with Crippen LogP contribution in [0.4, 0.5) is 0 Å². The van der Waals surface area contributed by atoms with Crippen molar-refractivity contribution in [1.82, 2.24) is 9.80 Å². The summed E-state index contributed by atoms with van der Waals surface area (Å²) in [7, 11) is 0. The lowest BCUT2D eigenvalue weighted by Gasteiger charge is -2.27. The van der Waals surface area contributed by atoms with Crippen molar-refractivity contribution in [3.8, 4) is 0 Å². The number of rotatable bonds is 5. The molecule has 1 rings (SSSR count). The summed E-state index contributed by atoms with van der Waals surface area (Å²) < 4.78 is 0. The van der Waals surface area contributed by atoms with E-state index in [1.807, 2.05) is 23.6 Å². The van der Waals surface area contributed by atoms with E-state index in [2.05, 4.69) is 12.8 Å². The Morgan fingerprint density at radius 3 is 2.79 bits per heavy atom. The fourth-order valence-electron chi connectivity index (χ4n) is 2.26. The highest BCUT2D eigenvalue weighted by Gasteiger charge is 2.23. The largest absolute Gasteiger partial charge is 0.340 e. The number of carbonyl (C=O) groups excluding carboxylic acids is 2. The Morgan fingerprint density at radius 1 is 1.47 bits per heavy atom. The van der Waals surface area contributed by atoms with E-state index in [4.69, 9.17) is 0 Å². The van der Waals surface area contributed by atoms with Gasteiger partial charge in [-0.1, -0.05) is 13.0 Å². The van der Waals surface area contributed by atoms with Crippen LogP contribution in [0.2, 0.25) is 0 Å². The molecule has 0 aromatic carbocycles. The standard InChI is InChI=1S/C14H24N2O2S/c1-4-13(17)15(5-2)11-14(18)16-9-7-6-8-12(10-16)19-3/h4,12H,1,5-11H2,2-3H3. The summed E-state index contributed by atoms with van der Waals surface area (Å²) in [6.45, 7) is 7.67. The van der Waals surface area contributed by atoms with Crippen molar-refractivity contribution in [2.75, 3.05) is 32.4 Å². The Bertz CT molecular complexity index is 333. The van der Waals surface area contributed by atoms with Crippen molar-refractivity contribution in [3.63, 3.8) is 0 Å². The van der Waals surface area contributed by atoms with Crippen LogP contribution in [0.5, 0.6) is 0 Å². The Hall–Kier alpha value is -0.970. The van der Waals surface area contributed by atoms with Gasteiger partial charge in [-0.05, 0) is 32.1 Å². The van der Waals surface area contributed by atoms with Gasteiger partial charge in [0.1, 0.15) is 0 Å². The summed E-state index contributed by atoms with van der Waals surface area (Å²) in [6, 6.07) is 0. The van der Waals surface area contributed by atoms with Crippen molar-refractivity contribution < 1.29 is 9.59 Å². The zero-order chi connectivity index (χ0) is 14.3. The molecule has 1 saturated heterocycles. The quantitative estimate of drug-likeness (QED) is 0.722. The van der Waals surface area contributed by atoms with E-state index >= 15 is 0 Å². The van der Waals surface area contributed by atoms with Crippen LogP contribution in [-0.2, 0) is 9.59 Å². The number of likely N-dealkylation sites (tertiary alicyclic amines) is 1. The summed E-state index contributed by atoms with van der Waals surface area (Å²) in [4.78, 5) is 27.3. The van der Waals surface area contributed by atoms with Gasteiger partial charge in [-0.15, -0.1) is 0 Å². The molecule has 4 nitrogen and oxygen atoms in total. The summed E-state index contributed by atoms with van der Waals surface area (Å²) in [6.07, 6.45) is 6.78. The van der Waals surface area contributed by atoms with Crippen LogP contribution in [0.15, 0.2) is 12.7 Å². The lowest BCUT2D eigenvalue weighted by Crippen LogP contribution is -2.44. The topological polar surface area (TPSA) is 40.6 Å². The minimum absolute atomic E-state index is 0.0537. The molecule has 0 N–H and O–H groups in total. The first-order valence-electron chi connectivity index (χ1n) is 6.84. The van der Waals surface area contributed by atoms with Gasteiger partial charge in [-0.3, -0.25) is 9.59 Å². The Kier molecular flexibility index (Phi) is 6.99. The minimum Gasteiger partial charge on any atom is -0.340 e. The van der Waals surface area contributed by atoms with Gasteiger partial charge < -0.3 is 9.80 Å². The molecule has 1 aliphatic rings. The van der Waals surface area contributed by atoms with Crippen LogP contribution in [0.1, 0.15) is 26.2 Å². The first-order valence-corrected chi connectivity index (χ1v) is 8.13. The van der Waals surface area contributed by atoms with Crippen LogP contribution in [-0.4, -0.2) is 59.3 Å². The first kappa shape index (κ1) is 16.1. The monoisotopic (exact) mass is 284 g/mol. The molecule has 2 amide bonds. The minimum atomic E-state index is -0.174. The average molecular weight is 284 g/mol. The van der Waals surface area contributed by atoms with Crippen molar-refractivity contribution in [2.24, 2.45) is 0 Å². The van der Waals surface area contributed by atoms with E-state index in [-0.39, 0.29) is 18.4 Å². The number of thioether (sulfide) groups is 1. The molecule has 0 aromatic rings. The van der Waals surface area contributed by atoms with E-state index in [0.717, 1.165) is 19.5 Å². The van der Waals surface area contributed by atoms with Crippen LogP contribution in [0.25, 0.3) is 0 Å². The normalized spacial score (nSPS) is 19.7. The van der Waals surface area contributed by atoms with E-state index < -0.39 is 0 Å². The molecule has 0 radical (unpaired) electrons. The predicted octanol–water partition coefficient (Wildman–Crippen LogP) is 1.76. The van der Waals surface area contributed by atoms with Gasteiger partial charge in [-0.25, -0.2) is 0 Å². The van der Waals surface area contributed by atoms with Gasteiger partial charge in [0.25, 0.3) is 0 Å². The number of carbonyl (C=O) groups is 2. The predicted molar refractivity (Wildman–Crippen MR) is 80.2 cm³/mol. The highest BCUT2D eigenvalue weighted by atomic mass is 32.2. The second-order valence-corrected chi connectivity index (χ2v) is 5.89. The lowest BCUT2D eigenvalue weighted by atomic mass is 10.2. The second kappa shape index (κ2) is 8.25. The SMILES string of the molecule is C=CC(=O)N(CC)CC(=O)N1CCCCC(SC)C1. The van der Waals surface area contributed by atoms with Gasteiger partial charge in [0.05, 0.1) is 6.54 Å². The second-order valence-electron chi connectivity index (χ2n) is 4.75. The lowest BCUT2D eigenvalue weighted by molar-refractivity contribution is -0.138. The molecule has 0 aliphatic carbocycles. The third-order valence-corrected chi connectivity index (χ3v) is 4.56. The highest BCUT2D eigenvalue weighted by molar-refractivity contribution is 7.99. The number of likely N-dealkylation sites (N-methyl/N-ethyl adjacent to an activating group) is 1. The number of nitrogens with zero attached hydrogens (tertiary/aromatic N) is 2. The Morgan fingerprint density at radius 2 is 2.21 bits per heavy atom. The molecular formula is C14H24N2O2S. The summed E-state index contributed by atoms with van der Waals surface area (Å²) >= 11 is 1.83. The van der Waals surface area contributed by atoms with Crippen LogP contribution < -0.4 is 0 Å². The molecule has 0 aromatic heterocycles. The van der Waals surface area contributed by atoms with Crippen molar-refractivity contribution >= 4 is 23.6 Å². The maximum absolute atomic E-state index is 12.3. The number of hydrogen-bond acceptors (Lipinski definition) is 3. The highest BCUT2D eigenvalue weighted by Crippen LogP contribution is 2.20. The summed E-state index contributed by atoms with van der Waals surface area (Å²) in [5.74, 6) is -0.120. The zero-order valence-corrected chi connectivity index (χ0v) is 12.7.